The summed E-state index contributed by atoms with van der Waals surface area (Å²) in [4.78, 5) is 4.50. The molecular formula is C19H14BrN5S. The Labute approximate surface area is 162 Å². The number of pyridine rings is 1. The highest BCUT2D eigenvalue weighted by atomic mass is 79.9. The van der Waals surface area contributed by atoms with Crippen molar-refractivity contribution in [2.75, 3.05) is 0 Å². The predicted molar refractivity (Wildman–Crippen MR) is 109 cm³/mol. The Morgan fingerprint density at radius 2 is 1.62 bits per heavy atom. The zero-order valence-corrected chi connectivity index (χ0v) is 16.5. The SMILES string of the molecule is Cn1cc(-c2nnc(-c3cn(C)c4ncc(Br)cc34)s2)c2ccccc21. The molecule has 0 bridgehead atoms. The lowest BCUT2D eigenvalue weighted by Gasteiger charge is -1.95. The van der Waals surface area contributed by atoms with Crippen molar-refractivity contribution >= 4 is 49.2 Å². The van der Waals surface area contributed by atoms with E-state index in [-0.39, 0.29) is 0 Å². The quantitative estimate of drug-likeness (QED) is 0.400. The minimum absolute atomic E-state index is 0.901. The van der Waals surface area contributed by atoms with Crippen molar-refractivity contribution in [2.45, 2.75) is 0 Å². The number of aryl methyl sites for hydroxylation is 2. The third-order valence-corrected chi connectivity index (χ3v) is 5.99. The first-order chi connectivity index (χ1) is 12.6. The molecule has 0 unspecified atom stereocenters. The van der Waals surface area contributed by atoms with Crippen molar-refractivity contribution in [3.63, 3.8) is 0 Å². The van der Waals surface area contributed by atoms with Crippen LogP contribution in [-0.2, 0) is 14.1 Å². The molecule has 26 heavy (non-hydrogen) atoms. The number of fused-ring (bicyclic) bond motifs is 2. The standard InChI is InChI=1S/C19H14BrN5S/c1-24-9-14(12-5-3-4-6-16(12)24)18-22-23-19(26-18)15-10-25(2)17-13(15)7-11(20)8-21-17/h3-10H,1-2H3. The van der Waals surface area contributed by atoms with Gasteiger partial charge in [0.05, 0.1) is 0 Å². The minimum Gasteiger partial charge on any atom is -0.350 e. The van der Waals surface area contributed by atoms with Gasteiger partial charge in [0.1, 0.15) is 15.7 Å². The van der Waals surface area contributed by atoms with Crippen molar-refractivity contribution < 1.29 is 0 Å². The Kier molecular flexibility index (Phi) is 3.48. The fourth-order valence-corrected chi connectivity index (χ4v) is 4.58. The highest BCUT2D eigenvalue weighted by molar-refractivity contribution is 9.10. The van der Waals surface area contributed by atoms with Crippen LogP contribution in [0.15, 0.2) is 53.4 Å². The molecule has 0 N–H and O–H groups in total. The second kappa shape index (κ2) is 5.75. The Hall–Kier alpha value is -2.51. The van der Waals surface area contributed by atoms with Gasteiger partial charge in [0, 0.05) is 64.6 Å². The van der Waals surface area contributed by atoms with E-state index in [4.69, 9.17) is 0 Å². The average molecular weight is 424 g/mol. The van der Waals surface area contributed by atoms with E-state index in [1.165, 1.54) is 10.9 Å². The third kappa shape index (κ3) is 2.31. The summed E-state index contributed by atoms with van der Waals surface area (Å²) in [5.41, 5.74) is 4.30. The van der Waals surface area contributed by atoms with Crippen molar-refractivity contribution in [1.82, 2.24) is 24.3 Å². The largest absolute Gasteiger partial charge is 0.350 e. The van der Waals surface area contributed by atoms with Crippen molar-refractivity contribution in [3.8, 4) is 21.1 Å². The first-order valence-electron chi connectivity index (χ1n) is 8.11. The summed E-state index contributed by atoms with van der Waals surface area (Å²) in [5, 5.41) is 13.0. The number of hydrogen-bond acceptors (Lipinski definition) is 4. The van der Waals surface area contributed by atoms with Gasteiger partial charge in [0.25, 0.3) is 0 Å². The summed E-state index contributed by atoms with van der Waals surface area (Å²) in [6.45, 7) is 0. The monoisotopic (exact) mass is 423 g/mol. The predicted octanol–water partition coefficient (Wildman–Crippen LogP) is 5.01. The van der Waals surface area contributed by atoms with Crippen LogP contribution in [0.1, 0.15) is 0 Å². The smallest absolute Gasteiger partial charge is 0.150 e. The van der Waals surface area contributed by atoms with Gasteiger partial charge in [0.2, 0.25) is 0 Å². The minimum atomic E-state index is 0.901. The van der Waals surface area contributed by atoms with E-state index < -0.39 is 0 Å². The maximum atomic E-state index is 4.50. The van der Waals surface area contributed by atoms with E-state index in [2.05, 4.69) is 85.5 Å². The first-order valence-corrected chi connectivity index (χ1v) is 9.71. The number of halogens is 1. The van der Waals surface area contributed by atoms with Gasteiger partial charge in [-0.3, -0.25) is 0 Å². The summed E-state index contributed by atoms with van der Waals surface area (Å²) >= 11 is 5.12. The zero-order chi connectivity index (χ0) is 17.8. The average Bonchev–Trinajstić information content (AvgIpc) is 3.32. The van der Waals surface area contributed by atoms with Gasteiger partial charge >= 0.3 is 0 Å². The van der Waals surface area contributed by atoms with Gasteiger partial charge in [-0.15, -0.1) is 10.2 Å². The van der Waals surface area contributed by atoms with Crippen LogP contribution in [0.25, 0.3) is 43.1 Å². The maximum Gasteiger partial charge on any atom is 0.150 e. The Bertz CT molecular complexity index is 1280. The summed E-state index contributed by atoms with van der Waals surface area (Å²) in [7, 11) is 4.06. The van der Waals surface area contributed by atoms with Crippen LogP contribution in [0.4, 0.5) is 0 Å². The molecule has 7 heteroatoms. The molecule has 0 atom stereocenters. The summed E-state index contributed by atoms with van der Waals surface area (Å²) in [6, 6.07) is 10.4. The highest BCUT2D eigenvalue weighted by Gasteiger charge is 2.17. The van der Waals surface area contributed by atoms with Crippen molar-refractivity contribution in [1.29, 1.82) is 0 Å². The van der Waals surface area contributed by atoms with Crippen LogP contribution in [-0.4, -0.2) is 24.3 Å². The molecule has 1 aromatic carbocycles. The summed E-state index contributed by atoms with van der Waals surface area (Å²) in [6.07, 6.45) is 6.00. The summed E-state index contributed by atoms with van der Waals surface area (Å²) in [5.74, 6) is 0. The van der Waals surface area contributed by atoms with Gasteiger partial charge in [0.15, 0.2) is 0 Å². The van der Waals surface area contributed by atoms with Crippen molar-refractivity contribution in [3.05, 3.63) is 53.4 Å². The van der Waals surface area contributed by atoms with Gasteiger partial charge in [-0.2, -0.15) is 0 Å². The van der Waals surface area contributed by atoms with E-state index >= 15 is 0 Å². The fourth-order valence-electron chi connectivity index (χ4n) is 3.36. The number of benzene rings is 1. The van der Waals surface area contributed by atoms with Crippen molar-refractivity contribution in [2.24, 2.45) is 14.1 Å². The molecule has 0 amide bonds. The van der Waals surface area contributed by atoms with E-state index in [9.17, 15) is 0 Å². The van der Waals surface area contributed by atoms with Gasteiger partial charge < -0.3 is 9.13 Å². The van der Waals surface area contributed by atoms with Gasteiger partial charge in [-0.05, 0) is 28.1 Å². The van der Waals surface area contributed by atoms with Gasteiger partial charge in [-0.25, -0.2) is 4.98 Å². The molecule has 0 spiro atoms. The molecule has 0 radical (unpaired) electrons. The highest BCUT2D eigenvalue weighted by Crippen LogP contribution is 2.37. The van der Waals surface area contributed by atoms with Crippen LogP contribution < -0.4 is 0 Å². The lowest BCUT2D eigenvalue weighted by molar-refractivity contribution is 0.948. The van der Waals surface area contributed by atoms with Crippen LogP contribution >= 0.6 is 27.3 Å². The van der Waals surface area contributed by atoms with Crippen LogP contribution in [0.5, 0.6) is 0 Å². The third-order valence-electron chi connectivity index (χ3n) is 4.56. The number of rotatable bonds is 2. The normalized spacial score (nSPS) is 11.7. The van der Waals surface area contributed by atoms with E-state index in [0.29, 0.717) is 0 Å². The second-order valence-corrected chi connectivity index (χ2v) is 8.15. The molecule has 0 aliphatic rings. The fraction of sp³-hybridized carbons (Fsp3) is 0.105. The molecule has 0 aliphatic heterocycles. The summed E-state index contributed by atoms with van der Waals surface area (Å²) < 4.78 is 5.11. The molecule has 4 aromatic heterocycles. The van der Waals surface area contributed by atoms with Crippen LogP contribution in [0, 0.1) is 0 Å². The number of nitrogens with zero attached hydrogens (tertiary/aromatic N) is 5. The molecule has 0 fully saturated rings. The molecule has 4 heterocycles. The molecule has 128 valence electrons. The van der Waals surface area contributed by atoms with Crippen LogP contribution in [0.3, 0.4) is 0 Å². The lowest BCUT2D eigenvalue weighted by atomic mass is 10.2. The van der Waals surface area contributed by atoms with E-state index in [1.54, 1.807) is 11.3 Å². The van der Waals surface area contributed by atoms with Gasteiger partial charge in [-0.1, -0.05) is 29.5 Å². The molecule has 5 rings (SSSR count). The first kappa shape index (κ1) is 15.7. The number of para-hydroxylation sites is 1. The second-order valence-electron chi connectivity index (χ2n) is 6.26. The van der Waals surface area contributed by atoms with E-state index in [1.807, 2.05) is 17.8 Å². The molecule has 5 nitrogen and oxygen atoms in total. The maximum absolute atomic E-state index is 4.50. The molecular weight excluding hydrogens is 410 g/mol. The molecule has 0 saturated heterocycles. The topological polar surface area (TPSA) is 48.5 Å². The molecule has 0 saturated carbocycles. The number of hydrogen-bond donors (Lipinski definition) is 0. The number of aromatic nitrogens is 5. The van der Waals surface area contributed by atoms with E-state index in [0.717, 1.165) is 36.6 Å². The molecule has 0 aliphatic carbocycles. The Morgan fingerprint density at radius 3 is 2.42 bits per heavy atom. The molecule has 5 aromatic rings. The zero-order valence-electron chi connectivity index (χ0n) is 14.1. The Morgan fingerprint density at radius 1 is 0.923 bits per heavy atom. The lowest BCUT2D eigenvalue weighted by Crippen LogP contribution is -1.86. The Balaban J connectivity index is 1.68. The van der Waals surface area contributed by atoms with Crippen LogP contribution in [0.2, 0.25) is 0 Å².